The molecule has 2 saturated carbocycles. The third-order valence-electron chi connectivity index (χ3n) is 4.62. The summed E-state index contributed by atoms with van der Waals surface area (Å²) in [4.78, 5) is 11.6. The largest absolute Gasteiger partial charge is 0.497 e. The summed E-state index contributed by atoms with van der Waals surface area (Å²) in [5.41, 5.74) is -0.285. The van der Waals surface area contributed by atoms with E-state index in [9.17, 15) is 14.3 Å². The highest BCUT2D eigenvalue weighted by Crippen LogP contribution is 2.61. The molecule has 2 aliphatic rings. The Labute approximate surface area is 111 Å². The molecule has 0 aliphatic heterocycles. The molecule has 0 heterocycles. The van der Waals surface area contributed by atoms with Crippen molar-refractivity contribution >= 4 is 5.97 Å². The lowest BCUT2D eigenvalue weighted by atomic mass is 9.77. The minimum Gasteiger partial charge on any atom is -0.497 e. The zero-order chi connectivity index (χ0) is 13.6. The highest BCUT2D eigenvalue weighted by atomic mass is 19.1. The zero-order valence-corrected chi connectivity index (χ0v) is 10.9. The van der Waals surface area contributed by atoms with Crippen LogP contribution in [0.5, 0.6) is 5.75 Å². The van der Waals surface area contributed by atoms with Crippen molar-refractivity contribution in [2.45, 2.75) is 25.7 Å². The molecule has 102 valence electrons. The second-order valence-electron chi connectivity index (χ2n) is 5.88. The van der Waals surface area contributed by atoms with Gasteiger partial charge in [0.25, 0.3) is 0 Å². The molecule has 0 saturated heterocycles. The second kappa shape index (κ2) is 4.22. The van der Waals surface area contributed by atoms with Crippen molar-refractivity contribution in [3.63, 3.8) is 0 Å². The van der Waals surface area contributed by atoms with Gasteiger partial charge in [-0.25, -0.2) is 4.39 Å². The minimum absolute atomic E-state index is 0.283. The molecule has 1 aromatic rings. The molecule has 19 heavy (non-hydrogen) atoms. The molecule has 0 amide bonds. The monoisotopic (exact) mass is 264 g/mol. The average molecular weight is 264 g/mol. The lowest BCUT2D eigenvalue weighted by Gasteiger charge is -2.26. The van der Waals surface area contributed by atoms with Gasteiger partial charge in [0, 0.05) is 6.07 Å². The molecule has 4 heteroatoms. The van der Waals surface area contributed by atoms with Gasteiger partial charge in [-0.15, -0.1) is 0 Å². The molecule has 2 fully saturated rings. The maximum absolute atomic E-state index is 14.0. The van der Waals surface area contributed by atoms with Crippen molar-refractivity contribution < 1.29 is 19.0 Å². The summed E-state index contributed by atoms with van der Waals surface area (Å²) in [6, 6.07) is 4.65. The molecule has 2 aliphatic carbocycles. The van der Waals surface area contributed by atoms with Crippen molar-refractivity contribution in [1.82, 2.24) is 0 Å². The van der Waals surface area contributed by atoms with E-state index in [1.165, 1.54) is 13.2 Å². The third-order valence-corrected chi connectivity index (χ3v) is 4.62. The molecule has 0 bridgehead atoms. The summed E-state index contributed by atoms with van der Waals surface area (Å²) in [5.74, 6) is 0.408. The van der Waals surface area contributed by atoms with Crippen LogP contribution in [0.3, 0.4) is 0 Å². The molecule has 0 aromatic heterocycles. The number of fused-ring (bicyclic) bond motifs is 1. The Balaban J connectivity index is 1.85. The van der Waals surface area contributed by atoms with Gasteiger partial charge in [0.05, 0.1) is 12.5 Å². The Morgan fingerprint density at radius 3 is 2.68 bits per heavy atom. The highest BCUT2D eigenvalue weighted by Gasteiger charge is 2.57. The van der Waals surface area contributed by atoms with Crippen LogP contribution in [0.2, 0.25) is 0 Å². The predicted octanol–water partition coefficient (Wildman–Crippen LogP) is 2.88. The van der Waals surface area contributed by atoms with Gasteiger partial charge < -0.3 is 9.84 Å². The van der Waals surface area contributed by atoms with E-state index in [0.717, 1.165) is 6.42 Å². The summed E-state index contributed by atoms with van der Waals surface area (Å²) in [6.07, 6.45) is 2.82. The summed E-state index contributed by atoms with van der Waals surface area (Å²) in [5, 5.41) is 9.51. The maximum atomic E-state index is 14.0. The normalized spacial score (nSPS) is 31.9. The number of halogens is 1. The average Bonchev–Trinajstić information content (AvgIpc) is 2.99. The quantitative estimate of drug-likeness (QED) is 0.909. The second-order valence-corrected chi connectivity index (χ2v) is 5.88. The van der Waals surface area contributed by atoms with E-state index in [1.54, 1.807) is 12.1 Å². The van der Waals surface area contributed by atoms with Crippen molar-refractivity contribution in [1.29, 1.82) is 0 Å². The van der Waals surface area contributed by atoms with Gasteiger partial charge in [0.15, 0.2) is 0 Å². The first-order valence-corrected chi connectivity index (χ1v) is 6.60. The Hall–Kier alpha value is -1.58. The van der Waals surface area contributed by atoms with Gasteiger partial charge in [0.1, 0.15) is 11.6 Å². The fourth-order valence-corrected chi connectivity index (χ4v) is 3.45. The van der Waals surface area contributed by atoms with Gasteiger partial charge in [-0.3, -0.25) is 4.79 Å². The van der Waals surface area contributed by atoms with Crippen molar-refractivity contribution in [3.8, 4) is 5.75 Å². The van der Waals surface area contributed by atoms with E-state index in [1.807, 2.05) is 0 Å². The number of rotatable bonds is 4. The summed E-state index contributed by atoms with van der Waals surface area (Å²) >= 11 is 0. The first-order valence-electron chi connectivity index (χ1n) is 6.60. The van der Waals surface area contributed by atoms with Gasteiger partial charge in [0.2, 0.25) is 0 Å². The lowest BCUT2D eigenvalue weighted by molar-refractivity contribution is -0.149. The van der Waals surface area contributed by atoms with Crippen LogP contribution in [0.15, 0.2) is 18.2 Å². The van der Waals surface area contributed by atoms with E-state index in [-0.39, 0.29) is 12.2 Å². The topological polar surface area (TPSA) is 46.5 Å². The molecule has 3 nitrogen and oxygen atoms in total. The predicted molar refractivity (Wildman–Crippen MR) is 67.6 cm³/mol. The van der Waals surface area contributed by atoms with Gasteiger partial charge in [-0.2, -0.15) is 0 Å². The van der Waals surface area contributed by atoms with Crippen molar-refractivity contribution in [2.75, 3.05) is 7.11 Å². The summed E-state index contributed by atoms with van der Waals surface area (Å²) in [7, 11) is 1.48. The zero-order valence-electron chi connectivity index (χ0n) is 10.9. The maximum Gasteiger partial charge on any atom is 0.309 e. The number of methoxy groups -OCH3 is 1. The van der Waals surface area contributed by atoms with E-state index in [4.69, 9.17) is 4.74 Å². The van der Waals surface area contributed by atoms with E-state index >= 15 is 0 Å². The fraction of sp³-hybridized carbons (Fsp3) is 0.533. The van der Waals surface area contributed by atoms with Crippen LogP contribution in [0.4, 0.5) is 4.39 Å². The van der Waals surface area contributed by atoms with E-state index in [2.05, 4.69) is 0 Å². The third kappa shape index (κ3) is 2.09. The number of carboxylic acids is 1. The molecular formula is C15H17FO3. The Morgan fingerprint density at radius 1 is 1.47 bits per heavy atom. The molecule has 2 atom stereocenters. The number of hydrogen-bond acceptors (Lipinski definition) is 2. The van der Waals surface area contributed by atoms with Crippen LogP contribution in [-0.4, -0.2) is 18.2 Å². The molecule has 1 N–H and O–H groups in total. The number of aliphatic carboxylic acids is 1. The minimum atomic E-state index is -0.782. The van der Waals surface area contributed by atoms with Crippen LogP contribution < -0.4 is 4.74 Å². The molecular weight excluding hydrogens is 247 g/mol. The molecule has 0 radical (unpaired) electrons. The fourth-order valence-electron chi connectivity index (χ4n) is 3.45. The lowest BCUT2D eigenvalue weighted by Crippen LogP contribution is -2.32. The van der Waals surface area contributed by atoms with Crippen LogP contribution in [0, 0.1) is 23.1 Å². The van der Waals surface area contributed by atoms with Gasteiger partial charge in [-0.05, 0) is 49.1 Å². The first-order chi connectivity index (χ1) is 9.04. The van der Waals surface area contributed by atoms with E-state index in [0.29, 0.717) is 36.0 Å². The molecule has 0 spiro atoms. The number of hydrogen-bond donors (Lipinski definition) is 1. The van der Waals surface area contributed by atoms with Crippen LogP contribution >= 0.6 is 0 Å². The van der Waals surface area contributed by atoms with E-state index < -0.39 is 11.4 Å². The Morgan fingerprint density at radius 2 is 2.16 bits per heavy atom. The SMILES string of the molecule is COc1ccc(CC2(C(=O)O)CC3CC3C2)c(F)c1. The number of carbonyl (C=O) groups is 1. The van der Waals surface area contributed by atoms with Crippen molar-refractivity contribution in [2.24, 2.45) is 17.3 Å². The smallest absolute Gasteiger partial charge is 0.309 e. The first kappa shape index (κ1) is 12.5. The number of ether oxygens (including phenoxy) is 1. The highest BCUT2D eigenvalue weighted by molar-refractivity contribution is 5.76. The summed E-state index contributed by atoms with van der Waals surface area (Å²) < 4.78 is 18.9. The number of carboxylic acid groups (broad SMARTS) is 1. The van der Waals surface area contributed by atoms with Gasteiger partial charge in [-0.1, -0.05) is 6.07 Å². The number of benzene rings is 1. The van der Waals surface area contributed by atoms with Crippen LogP contribution in [0.25, 0.3) is 0 Å². The van der Waals surface area contributed by atoms with Crippen LogP contribution in [-0.2, 0) is 11.2 Å². The standard InChI is InChI=1S/C15H17FO3/c1-19-12-3-2-9(13(16)5-12)6-15(14(17)18)7-10-4-11(10)8-15/h2-3,5,10-11H,4,6-8H2,1H3,(H,17,18). The Kier molecular flexibility index (Phi) is 2.77. The van der Waals surface area contributed by atoms with Gasteiger partial charge >= 0.3 is 5.97 Å². The molecule has 3 rings (SSSR count). The molecule has 2 unspecified atom stereocenters. The molecule has 1 aromatic carbocycles. The summed E-state index contributed by atoms with van der Waals surface area (Å²) in [6.45, 7) is 0. The van der Waals surface area contributed by atoms with Crippen LogP contribution in [0.1, 0.15) is 24.8 Å². The van der Waals surface area contributed by atoms with Crippen molar-refractivity contribution in [3.05, 3.63) is 29.6 Å². The Bertz CT molecular complexity index is 516.